The molecule has 0 radical (unpaired) electrons. The van der Waals surface area contributed by atoms with Crippen LogP contribution in [0, 0.1) is 10.1 Å². The molecule has 1 aliphatic rings. The van der Waals surface area contributed by atoms with E-state index in [1.54, 1.807) is 7.05 Å². The third-order valence-corrected chi connectivity index (χ3v) is 3.69. The van der Waals surface area contributed by atoms with Gasteiger partial charge >= 0.3 is 5.69 Å². The van der Waals surface area contributed by atoms with Crippen LogP contribution in [0.3, 0.4) is 0 Å². The molecule has 0 fully saturated rings. The fraction of sp³-hybridized carbons (Fsp3) is 0.357. The molecule has 0 bridgehead atoms. The molecule has 3 rings (SSSR count). The number of nitrogens with one attached hydrogen (secondary N) is 1. The molecule has 1 aromatic heterocycles. The Hall–Kier alpha value is -2.37. The lowest BCUT2D eigenvalue weighted by Gasteiger charge is -2.25. The second-order valence-corrected chi connectivity index (χ2v) is 5.15. The van der Waals surface area contributed by atoms with Crippen LogP contribution >= 0.6 is 0 Å². The van der Waals surface area contributed by atoms with E-state index in [4.69, 9.17) is 0 Å². The lowest BCUT2D eigenvalue weighted by Crippen LogP contribution is -2.27. The summed E-state index contributed by atoms with van der Waals surface area (Å²) in [5, 5.41) is 18.4. The van der Waals surface area contributed by atoms with Gasteiger partial charge < -0.3 is 5.32 Å². The van der Waals surface area contributed by atoms with Crippen molar-refractivity contribution in [1.29, 1.82) is 0 Å². The first kappa shape index (κ1) is 12.7. The highest BCUT2D eigenvalue weighted by atomic mass is 16.6. The van der Waals surface area contributed by atoms with Crippen LogP contribution in [0.5, 0.6) is 0 Å². The molecule has 1 N–H and O–H groups in total. The van der Waals surface area contributed by atoms with Gasteiger partial charge in [0.15, 0.2) is 0 Å². The molecule has 6 heteroatoms. The van der Waals surface area contributed by atoms with Crippen molar-refractivity contribution in [2.75, 3.05) is 5.32 Å². The molecule has 1 aromatic carbocycles. The average molecular weight is 272 g/mol. The van der Waals surface area contributed by atoms with Crippen molar-refractivity contribution >= 4 is 11.5 Å². The van der Waals surface area contributed by atoms with Gasteiger partial charge in [0.1, 0.15) is 6.20 Å². The summed E-state index contributed by atoms with van der Waals surface area (Å²) in [6, 6.07) is 8.55. The van der Waals surface area contributed by atoms with Gasteiger partial charge in [-0.15, -0.1) is 5.10 Å². The highest BCUT2D eigenvalue weighted by Crippen LogP contribution is 2.27. The Kier molecular flexibility index (Phi) is 3.14. The molecular weight excluding hydrogens is 256 g/mol. The minimum absolute atomic E-state index is 0.0337. The molecule has 0 spiro atoms. The fourth-order valence-corrected chi connectivity index (χ4v) is 2.73. The Morgan fingerprint density at radius 2 is 2.15 bits per heavy atom. The first-order chi connectivity index (χ1) is 9.63. The number of aryl methyl sites for hydroxylation is 2. The van der Waals surface area contributed by atoms with Gasteiger partial charge in [-0.1, -0.05) is 24.3 Å². The van der Waals surface area contributed by atoms with E-state index in [9.17, 15) is 10.1 Å². The Labute approximate surface area is 116 Å². The number of hydrogen-bond acceptors (Lipinski definition) is 4. The number of aromatic nitrogens is 2. The van der Waals surface area contributed by atoms with Crippen LogP contribution in [0.2, 0.25) is 0 Å². The van der Waals surface area contributed by atoms with Gasteiger partial charge in [0.25, 0.3) is 0 Å². The summed E-state index contributed by atoms with van der Waals surface area (Å²) in [6.45, 7) is 0. The zero-order valence-corrected chi connectivity index (χ0v) is 11.2. The van der Waals surface area contributed by atoms with Crippen molar-refractivity contribution < 1.29 is 4.92 Å². The van der Waals surface area contributed by atoms with E-state index in [2.05, 4.69) is 28.6 Å². The molecule has 1 aliphatic carbocycles. The summed E-state index contributed by atoms with van der Waals surface area (Å²) < 4.78 is 1.47. The molecule has 0 aliphatic heterocycles. The smallest absolute Gasteiger partial charge is 0.330 e. The quantitative estimate of drug-likeness (QED) is 0.687. The van der Waals surface area contributed by atoms with E-state index >= 15 is 0 Å². The largest absolute Gasteiger partial charge is 0.360 e. The summed E-state index contributed by atoms with van der Waals surface area (Å²) in [5.74, 6) is 0.363. The van der Waals surface area contributed by atoms with Crippen LogP contribution in [0.15, 0.2) is 30.5 Å². The molecule has 2 aromatic rings. The molecule has 6 nitrogen and oxygen atoms in total. The second-order valence-electron chi connectivity index (χ2n) is 5.15. The summed E-state index contributed by atoms with van der Waals surface area (Å²) in [5.41, 5.74) is 2.72. The van der Waals surface area contributed by atoms with E-state index in [1.807, 2.05) is 6.07 Å². The van der Waals surface area contributed by atoms with Crippen LogP contribution in [-0.2, 0) is 19.9 Å². The Morgan fingerprint density at radius 3 is 2.90 bits per heavy atom. The van der Waals surface area contributed by atoms with Gasteiger partial charge in [0.2, 0.25) is 5.82 Å². The predicted octanol–water partition coefficient (Wildman–Crippen LogP) is 2.30. The van der Waals surface area contributed by atoms with Crippen LogP contribution in [0.1, 0.15) is 17.5 Å². The van der Waals surface area contributed by atoms with E-state index in [1.165, 1.54) is 22.0 Å². The molecular formula is C14H16N4O2. The minimum atomic E-state index is -0.397. The van der Waals surface area contributed by atoms with Crippen molar-refractivity contribution in [2.24, 2.45) is 7.05 Å². The van der Waals surface area contributed by atoms with Crippen molar-refractivity contribution in [2.45, 2.75) is 25.3 Å². The number of hydrogen-bond donors (Lipinski definition) is 1. The predicted molar refractivity (Wildman–Crippen MR) is 75.7 cm³/mol. The Bertz CT molecular complexity index is 650. The van der Waals surface area contributed by atoms with Gasteiger partial charge in [-0.3, -0.25) is 14.8 Å². The van der Waals surface area contributed by atoms with E-state index in [0.29, 0.717) is 5.82 Å². The fourth-order valence-electron chi connectivity index (χ4n) is 2.73. The van der Waals surface area contributed by atoms with Crippen LogP contribution < -0.4 is 5.32 Å². The maximum atomic E-state index is 11.0. The highest BCUT2D eigenvalue weighted by molar-refractivity contribution is 5.55. The van der Waals surface area contributed by atoms with Gasteiger partial charge in [0.05, 0.1) is 4.92 Å². The summed E-state index contributed by atoms with van der Waals surface area (Å²) in [4.78, 5) is 10.6. The number of fused-ring (bicyclic) bond motifs is 1. The number of rotatable bonds is 3. The highest BCUT2D eigenvalue weighted by Gasteiger charge is 2.24. The molecule has 1 heterocycles. The van der Waals surface area contributed by atoms with Gasteiger partial charge in [0, 0.05) is 13.1 Å². The number of anilines is 1. The summed E-state index contributed by atoms with van der Waals surface area (Å²) >= 11 is 0. The molecule has 0 saturated heterocycles. The maximum absolute atomic E-state index is 11.0. The first-order valence-electron chi connectivity index (χ1n) is 6.65. The zero-order valence-electron chi connectivity index (χ0n) is 11.2. The molecule has 0 saturated carbocycles. The Balaban J connectivity index is 1.78. The topological polar surface area (TPSA) is 73.0 Å². The van der Waals surface area contributed by atoms with Crippen molar-refractivity contribution in [1.82, 2.24) is 9.78 Å². The lowest BCUT2D eigenvalue weighted by molar-refractivity contribution is -0.384. The average Bonchev–Trinajstić information content (AvgIpc) is 2.80. The third kappa shape index (κ3) is 2.36. The van der Waals surface area contributed by atoms with E-state index in [-0.39, 0.29) is 11.7 Å². The molecule has 1 atom stereocenters. The van der Waals surface area contributed by atoms with Gasteiger partial charge in [-0.2, -0.15) is 0 Å². The standard InChI is InChI=1S/C14H16N4O2/c1-17-9-13(18(19)20)14(16-17)15-12-7-6-10-4-2-3-5-11(10)8-12/h2-5,9,12H,6-8H2,1H3,(H,15,16). The normalized spacial score (nSPS) is 17.6. The maximum Gasteiger partial charge on any atom is 0.330 e. The first-order valence-corrected chi connectivity index (χ1v) is 6.65. The van der Waals surface area contributed by atoms with E-state index in [0.717, 1.165) is 19.3 Å². The third-order valence-electron chi connectivity index (χ3n) is 3.69. The van der Waals surface area contributed by atoms with Crippen LogP contribution in [-0.4, -0.2) is 20.7 Å². The molecule has 1 unspecified atom stereocenters. The van der Waals surface area contributed by atoms with Crippen molar-refractivity contribution in [3.05, 3.63) is 51.7 Å². The number of benzene rings is 1. The van der Waals surface area contributed by atoms with Crippen molar-refractivity contribution in [3.63, 3.8) is 0 Å². The SMILES string of the molecule is Cn1cc([N+](=O)[O-])c(NC2CCc3ccccc3C2)n1. The summed E-state index contributed by atoms with van der Waals surface area (Å²) in [6.07, 6.45) is 4.27. The molecule has 20 heavy (non-hydrogen) atoms. The monoisotopic (exact) mass is 272 g/mol. The van der Waals surface area contributed by atoms with Gasteiger partial charge in [-0.25, -0.2) is 0 Å². The zero-order chi connectivity index (χ0) is 14.1. The molecule has 0 amide bonds. The number of nitro groups is 1. The molecule has 104 valence electrons. The number of nitrogens with zero attached hydrogens (tertiary/aromatic N) is 3. The van der Waals surface area contributed by atoms with Gasteiger partial charge in [-0.05, 0) is 30.4 Å². The second kappa shape index (κ2) is 4.96. The lowest BCUT2D eigenvalue weighted by atomic mass is 9.88. The Morgan fingerprint density at radius 1 is 1.40 bits per heavy atom. The van der Waals surface area contributed by atoms with Crippen LogP contribution in [0.4, 0.5) is 11.5 Å². The minimum Gasteiger partial charge on any atom is -0.360 e. The summed E-state index contributed by atoms with van der Waals surface area (Å²) in [7, 11) is 1.69. The van der Waals surface area contributed by atoms with Crippen molar-refractivity contribution in [3.8, 4) is 0 Å². The van der Waals surface area contributed by atoms with E-state index < -0.39 is 4.92 Å². The van der Waals surface area contributed by atoms with Crippen LogP contribution in [0.25, 0.3) is 0 Å².